The first-order valence-electron chi connectivity index (χ1n) is 11.1. The maximum absolute atomic E-state index is 13.1. The van der Waals surface area contributed by atoms with Gasteiger partial charge in [-0.25, -0.2) is 0 Å². The standard InChI is InChI=1S/C27H29F3N2O2/c1-26(2,21-14-9-15-22(17-21)27(28,29)30)31-18-24(33)23(16-19-10-5-3-6-11-19)32-25(34)20-12-7-4-8-13-20/h3-15,17,23-24,31,33H,16,18H2,1-2H3,(H,32,34)/t23-,24+/m0/s1. The third-order valence-corrected chi connectivity index (χ3v) is 5.78. The van der Waals surface area contributed by atoms with Crippen LogP contribution >= 0.6 is 0 Å². The number of nitrogens with one attached hydrogen (secondary N) is 2. The van der Waals surface area contributed by atoms with E-state index >= 15 is 0 Å². The van der Waals surface area contributed by atoms with Gasteiger partial charge >= 0.3 is 6.18 Å². The van der Waals surface area contributed by atoms with E-state index in [1.165, 1.54) is 6.07 Å². The lowest BCUT2D eigenvalue weighted by molar-refractivity contribution is -0.137. The molecule has 0 saturated heterocycles. The Balaban J connectivity index is 1.74. The maximum Gasteiger partial charge on any atom is 0.416 e. The zero-order chi connectivity index (χ0) is 24.8. The molecule has 180 valence electrons. The molecule has 0 aromatic heterocycles. The second-order valence-electron chi connectivity index (χ2n) is 8.79. The van der Waals surface area contributed by atoms with Crippen molar-refractivity contribution >= 4 is 5.91 Å². The lowest BCUT2D eigenvalue weighted by Crippen LogP contribution is -2.51. The Kier molecular flexibility index (Phi) is 8.12. The van der Waals surface area contributed by atoms with Gasteiger partial charge in [-0.15, -0.1) is 0 Å². The molecule has 1 amide bonds. The summed E-state index contributed by atoms with van der Waals surface area (Å²) < 4.78 is 39.4. The van der Waals surface area contributed by atoms with Gasteiger partial charge in [0, 0.05) is 17.6 Å². The molecule has 3 N–H and O–H groups in total. The van der Waals surface area contributed by atoms with E-state index < -0.39 is 29.4 Å². The predicted molar refractivity (Wildman–Crippen MR) is 126 cm³/mol. The van der Waals surface area contributed by atoms with Gasteiger partial charge in [0.15, 0.2) is 0 Å². The molecule has 0 aliphatic rings. The first kappa shape index (κ1) is 25.5. The molecule has 4 nitrogen and oxygen atoms in total. The molecule has 34 heavy (non-hydrogen) atoms. The number of hydrogen-bond donors (Lipinski definition) is 3. The van der Waals surface area contributed by atoms with Crippen molar-refractivity contribution in [2.24, 2.45) is 0 Å². The van der Waals surface area contributed by atoms with Gasteiger partial charge in [-0.05, 0) is 55.7 Å². The number of alkyl halides is 3. The Morgan fingerprint density at radius 1 is 0.882 bits per heavy atom. The zero-order valence-corrected chi connectivity index (χ0v) is 19.1. The predicted octanol–water partition coefficient (Wildman–Crippen LogP) is 4.93. The van der Waals surface area contributed by atoms with E-state index in [4.69, 9.17) is 0 Å². The molecule has 3 aromatic rings. The molecule has 0 heterocycles. The van der Waals surface area contributed by atoms with Crippen LogP contribution in [-0.4, -0.2) is 29.7 Å². The smallest absolute Gasteiger partial charge is 0.390 e. The van der Waals surface area contributed by atoms with Crippen LogP contribution in [0.15, 0.2) is 84.9 Å². The fourth-order valence-electron chi connectivity index (χ4n) is 3.68. The summed E-state index contributed by atoms with van der Waals surface area (Å²) in [6.07, 6.45) is -5.03. The van der Waals surface area contributed by atoms with Crippen molar-refractivity contribution in [3.05, 3.63) is 107 Å². The van der Waals surface area contributed by atoms with Gasteiger partial charge in [0.2, 0.25) is 0 Å². The van der Waals surface area contributed by atoms with E-state index in [1.807, 2.05) is 36.4 Å². The van der Waals surface area contributed by atoms with Crippen molar-refractivity contribution in [2.45, 2.75) is 44.1 Å². The number of benzene rings is 3. The number of halogens is 3. The number of aliphatic hydroxyl groups excluding tert-OH is 1. The molecule has 0 saturated carbocycles. The Morgan fingerprint density at radius 3 is 2.09 bits per heavy atom. The van der Waals surface area contributed by atoms with Gasteiger partial charge < -0.3 is 15.7 Å². The third kappa shape index (κ3) is 6.92. The van der Waals surface area contributed by atoms with Crippen molar-refractivity contribution in [2.75, 3.05) is 6.54 Å². The first-order chi connectivity index (χ1) is 16.1. The topological polar surface area (TPSA) is 61.4 Å². The molecule has 0 radical (unpaired) electrons. The molecule has 3 rings (SSSR count). The second kappa shape index (κ2) is 10.8. The zero-order valence-electron chi connectivity index (χ0n) is 19.1. The van der Waals surface area contributed by atoms with E-state index in [0.29, 0.717) is 17.5 Å². The Bertz CT molecular complexity index is 1070. The normalized spacial score (nSPS) is 13.8. The highest BCUT2D eigenvalue weighted by Crippen LogP contribution is 2.32. The number of rotatable bonds is 9. The molecule has 7 heteroatoms. The molecule has 0 bridgehead atoms. The van der Waals surface area contributed by atoms with Crippen LogP contribution in [-0.2, 0) is 18.1 Å². The van der Waals surface area contributed by atoms with E-state index in [1.54, 1.807) is 44.2 Å². The lowest BCUT2D eigenvalue weighted by atomic mass is 9.92. The fraction of sp³-hybridized carbons (Fsp3) is 0.296. The number of carbonyl (C=O) groups is 1. The van der Waals surface area contributed by atoms with Crippen molar-refractivity contribution < 1.29 is 23.1 Å². The van der Waals surface area contributed by atoms with Gasteiger partial charge in [-0.3, -0.25) is 4.79 Å². The van der Waals surface area contributed by atoms with Crippen LogP contribution in [0.4, 0.5) is 13.2 Å². The minimum absolute atomic E-state index is 0.0653. The number of carbonyl (C=O) groups excluding carboxylic acids is 1. The molecule has 0 aliphatic carbocycles. The first-order valence-corrected chi connectivity index (χ1v) is 11.1. The summed E-state index contributed by atoms with van der Waals surface area (Å²) in [7, 11) is 0. The molecule has 0 spiro atoms. The van der Waals surface area contributed by atoms with Crippen LogP contribution in [0.3, 0.4) is 0 Å². The average molecular weight is 471 g/mol. The monoisotopic (exact) mass is 470 g/mol. The highest BCUT2D eigenvalue weighted by atomic mass is 19.4. The van der Waals surface area contributed by atoms with Crippen LogP contribution in [0.25, 0.3) is 0 Å². The van der Waals surface area contributed by atoms with Crippen LogP contribution in [0.5, 0.6) is 0 Å². The minimum Gasteiger partial charge on any atom is -0.390 e. The van der Waals surface area contributed by atoms with Crippen molar-refractivity contribution in [3.8, 4) is 0 Å². The number of hydrogen-bond acceptors (Lipinski definition) is 3. The fourth-order valence-corrected chi connectivity index (χ4v) is 3.68. The van der Waals surface area contributed by atoms with Gasteiger partial charge in [0.05, 0.1) is 17.7 Å². The summed E-state index contributed by atoms with van der Waals surface area (Å²) in [4.78, 5) is 12.8. The summed E-state index contributed by atoms with van der Waals surface area (Å²) in [5.74, 6) is -0.308. The van der Waals surface area contributed by atoms with Crippen LogP contribution < -0.4 is 10.6 Å². The SMILES string of the molecule is CC(C)(NC[C@@H](O)[C@H](Cc1ccccc1)NC(=O)c1ccccc1)c1cccc(C(F)(F)F)c1. The summed E-state index contributed by atoms with van der Waals surface area (Å²) in [5.41, 5.74) is 0.296. The molecular formula is C27H29F3N2O2. The van der Waals surface area contributed by atoms with Gasteiger partial charge in [-0.1, -0.05) is 60.7 Å². The highest BCUT2D eigenvalue weighted by Gasteiger charge is 2.32. The van der Waals surface area contributed by atoms with Crippen molar-refractivity contribution in [3.63, 3.8) is 0 Å². The molecule has 0 fully saturated rings. The Labute approximate surface area is 197 Å². The molecule has 0 aliphatic heterocycles. The largest absolute Gasteiger partial charge is 0.416 e. The van der Waals surface area contributed by atoms with Gasteiger partial charge in [0.1, 0.15) is 0 Å². The summed E-state index contributed by atoms with van der Waals surface area (Å²) in [6.45, 7) is 3.57. The van der Waals surface area contributed by atoms with Crippen molar-refractivity contribution in [1.82, 2.24) is 10.6 Å². The van der Waals surface area contributed by atoms with Crippen LogP contribution in [0.1, 0.15) is 40.9 Å². The highest BCUT2D eigenvalue weighted by molar-refractivity contribution is 5.94. The van der Waals surface area contributed by atoms with E-state index in [2.05, 4.69) is 10.6 Å². The summed E-state index contributed by atoms with van der Waals surface area (Å²) in [5, 5.41) is 17.1. The summed E-state index contributed by atoms with van der Waals surface area (Å²) in [6, 6.07) is 22.7. The summed E-state index contributed by atoms with van der Waals surface area (Å²) >= 11 is 0. The quantitative estimate of drug-likeness (QED) is 0.416. The third-order valence-electron chi connectivity index (χ3n) is 5.78. The minimum atomic E-state index is -4.44. The average Bonchev–Trinajstić information content (AvgIpc) is 2.83. The lowest BCUT2D eigenvalue weighted by Gasteiger charge is -2.31. The number of amides is 1. The Hall–Kier alpha value is -3.16. The van der Waals surface area contributed by atoms with E-state index in [9.17, 15) is 23.1 Å². The molecular weight excluding hydrogens is 441 g/mol. The molecule has 2 atom stereocenters. The maximum atomic E-state index is 13.1. The van der Waals surface area contributed by atoms with Crippen molar-refractivity contribution in [1.29, 1.82) is 0 Å². The van der Waals surface area contributed by atoms with Gasteiger partial charge in [0.25, 0.3) is 5.91 Å². The number of aliphatic hydroxyl groups is 1. The second-order valence-corrected chi connectivity index (χ2v) is 8.79. The Morgan fingerprint density at radius 2 is 1.47 bits per heavy atom. The molecule has 3 aromatic carbocycles. The van der Waals surface area contributed by atoms with Crippen LogP contribution in [0.2, 0.25) is 0 Å². The molecule has 0 unspecified atom stereocenters. The van der Waals surface area contributed by atoms with E-state index in [-0.39, 0.29) is 12.5 Å². The van der Waals surface area contributed by atoms with E-state index in [0.717, 1.165) is 17.7 Å². The van der Waals surface area contributed by atoms with Gasteiger partial charge in [-0.2, -0.15) is 13.2 Å². The van der Waals surface area contributed by atoms with Crippen LogP contribution in [0, 0.1) is 0 Å².